The number of hydrogen-bond acceptors (Lipinski definition) is 4. The molecule has 2 aromatic heterocycles. The molecular weight excluding hydrogens is 299 g/mol. The normalized spacial score (nSPS) is 10.3. The van der Waals surface area contributed by atoms with E-state index < -0.39 is 11.8 Å². The minimum Gasteiger partial charge on any atom is -0.308 e. The number of nitrogens with zero attached hydrogens (tertiary/aromatic N) is 4. The van der Waals surface area contributed by atoms with E-state index in [2.05, 4.69) is 25.6 Å². The van der Waals surface area contributed by atoms with E-state index in [0.29, 0.717) is 17.3 Å². The smallest absolute Gasteiger partial charge is 0.308 e. The zero-order valence-electron chi connectivity index (χ0n) is 12.2. The number of carbonyl (C=O) groups excluding carboxylic acids is 1. The van der Waals surface area contributed by atoms with E-state index in [4.69, 9.17) is 0 Å². The van der Waals surface area contributed by atoms with Crippen LogP contribution in [0.5, 0.6) is 0 Å². The van der Waals surface area contributed by atoms with Crippen molar-refractivity contribution in [3.05, 3.63) is 60.7 Å². The Balaban J connectivity index is 1.66. The van der Waals surface area contributed by atoms with Crippen LogP contribution >= 0.6 is 0 Å². The van der Waals surface area contributed by atoms with E-state index in [1.54, 1.807) is 23.0 Å². The number of aromatic nitrogens is 4. The maximum Gasteiger partial charge on any atom is 0.323 e. The van der Waals surface area contributed by atoms with Gasteiger partial charge in [0.25, 0.3) is 0 Å². The fourth-order valence-corrected chi connectivity index (χ4v) is 1.96. The highest BCUT2D eigenvalue weighted by Crippen LogP contribution is 2.11. The van der Waals surface area contributed by atoms with Gasteiger partial charge in [0.1, 0.15) is 11.6 Å². The first-order chi connectivity index (χ1) is 11.1. The van der Waals surface area contributed by atoms with Crippen molar-refractivity contribution < 1.29 is 9.18 Å². The molecule has 3 rings (SSSR count). The summed E-state index contributed by atoms with van der Waals surface area (Å²) in [5, 5.41) is 5.10. The number of rotatable bonds is 3. The highest BCUT2D eigenvalue weighted by atomic mass is 19.1. The highest BCUT2D eigenvalue weighted by Gasteiger charge is 2.06. The molecule has 0 saturated carbocycles. The summed E-state index contributed by atoms with van der Waals surface area (Å²) in [6, 6.07) is 5.11. The Morgan fingerprint density at radius 1 is 1.13 bits per heavy atom. The van der Waals surface area contributed by atoms with Crippen molar-refractivity contribution in [1.82, 2.24) is 19.5 Å². The van der Waals surface area contributed by atoms with Gasteiger partial charge in [-0.1, -0.05) is 6.07 Å². The van der Waals surface area contributed by atoms with Crippen LogP contribution in [0.2, 0.25) is 0 Å². The van der Waals surface area contributed by atoms with Crippen LogP contribution in [-0.2, 0) is 0 Å². The Bertz CT molecular complexity index is 830. The quantitative estimate of drug-likeness (QED) is 0.779. The van der Waals surface area contributed by atoms with Crippen LogP contribution < -0.4 is 10.6 Å². The molecule has 116 valence electrons. The van der Waals surface area contributed by atoms with Gasteiger partial charge in [-0.2, -0.15) is 0 Å². The molecule has 0 saturated heterocycles. The summed E-state index contributed by atoms with van der Waals surface area (Å²) in [4.78, 5) is 24.3. The van der Waals surface area contributed by atoms with E-state index in [-0.39, 0.29) is 0 Å². The summed E-state index contributed by atoms with van der Waals surface area (Å²) in [6.45, 7) is 1.84. The van der Waals surface area contributed by atoms with E-state index >= 15 is 0 Å². The lowest BCUT2D eigenvalue weighted by atomic mass is 10.3. The molecule has 0 unspecified atom stereocenters. The van der Waals surface area contributed by atoms with Gasteiger partial charge in [0.15, 0.2) is 0 Å². The van der Waals surface area contributed by atoms with Gasteiger partial charge >= 0.3 is 6.03 Å². The maximum atomic E-state index is 13.1. The van der Waals surface area contributed by atoms with Gasteiger partial charge in [-0.05, 0) is 25.1 Å². The number of amides is 2. The van der Waals surface area contributed by atoms with Crippen molar-refractivity contribution in [3.63, 3.8) is 0 Å². The number of urea groups is 1. The molecule has 0 spiro atoms. The van der Waals surface area contributed by atoms with Gasteiger partial charge < -0.3 is 10.6 Å². The highest BCUT2D eigenvalue weighted by molar-refractivity contribution is 5.99. The van der Waals surface area contributed by atoms with Crippen LogP contribution in [0.1, 0.15) is 5.82 Å². The number of nitrogens with one attached hydrogen (secondary N) is 2. The maximum absolute atomic E-state index is 13.1. The van der Waals surface area contributed by atoms with Crippen molar-refractivity contribution in [3.8, 4) is 5.95 Å². The van der Waals surface area contributed by atoms with Crippen LogP contribution in [0.4, 0.5) is 20.6 Å². The molecule has 2 heterocycles. The number of anilines is 2. The molecule has 0 aliphatic rings. The predicted molar refractivity (Wildman–Crippen MR) is 82.9 cm³/mol. The summed E-state index contributed by atoms with van der Waals surface area (Å²) in [6.07, 6.45) is 6.35. The SMILES string of the molecule is Cc1nccn1-c1ncc(NC(=O)Nc2cccc(F)c2)cn1. The van der Waals surface area contributed by atoms with Gasteiger partial charge in [-0.3, -0.25) is 4.57 Å². The first kappa shape index (κ1) is 14.6. The minimum atomic E-state index is -0.509. The van der Waals surface area contributed by atoms with Crippen molar-refractivity contribution in [1.29, 1.82) is 0 Å². The molecule has 8 heteroatoms. The van der Waals surface area contributed by atoms with Crippen LogP contribution in [0.15, 0.2) is 49.1 Å². The summed E-state index contributed by atoms with van der Waals surface area (Å²) < 4.78 is 14.8. The third kappa shape index (κ3) is 3.49. The fourth-order valence-electron chi connectivity index (χ4n) is 1.96. The average Bonchev–Trinajstić information content (AvgIpc) is 2.94. The molecule has 2 amide bonds. The molecule has 0 fully saturated rings. The second-order valence-electron chi connectivity index (χ2n) is 4.71. The number of halogens is 1. The molecule has 23 heavy (non-hydrogen) atoms. The molecular formula is C15H13FN6O. The van der Waals surface area contributed by atoms with Gasteiger partial charge in [0.05, 0.1) is 18.1 Å². The van der Waals surface area contributed by atoms with Crippen LogP contribution in [0.3, 0.4) is 0 Å². The second-order valence-corrected chi connectivity index (χ2v) is 4.71. The number of carbonyl (C=O) groups is 1. The summed E-state index contributed by atoms with van der Waals surface area (Å²) in [5.41, 5.74) is 0.773. The zero-order chi connectivity index (χ0) is 16.2. The lowest BCUT2D eigenvalue weighted by Crippen LogP contribution is -2.19. The Hall–Kier alpha value is -3.29. The van der Waals surface area contributed by atoms with Gasteiger partial charge in [-0.15, -0.1) is 0 Å². The monoisotopic (exact) mass is 312 g/mol. The molecule has 7 nitrogen and oxygen atoms in total. The van der Waals surface area contributed by atoms with Crippen LogP contribution in [-0.4, -0.2) is 25.6 Å². The Morgan fingerprint density at radius 2 is 1.87 bits per heavy atom. The summed E-state index contributed by atoms with van der Waals surface area (Å²) in [5.74, 6) is 0.789. The summed E-state index contributed by atoms with van der Waals surface area (Å²) >= 11 is 0. The van der Waals surface area contributed by atoms with Gasteiger partial charge in [0, 0.05) is 18.1 Å². The molecule has 0 radical (unpaired) electrons. The number of benzene rings is 1. The first-order valence-electron chi connectivity index (χ1n) is 6.78. The molecule has 0 aliphatic heterocycles. The number of aryl methyl sites for hydroxylation is 1. The predicted octanol–water partition coefficient (Wildman–Crippen LogP) is 2.75. The molecule has 0 atom stereocenters. The Labute approximate surface area is 131 Å². The van der Waals surface area contributed by atoms with E-state index in [0.717, 1.165) is 5.82 Å². The van der Waals surface area contributed by atoms with E-state index in [1.807, 2.05) is 6.92 Å². The minimum absolute atomic E-state index is 0.356. The second kappa shape index (κ2) is 6.22. The molecule has 1 aromatic carbocycles. The Morgan fingerprint density at radius 3 is 2.52 bits per heavy atom. The lowest BCUT2D eigenvalue weighted by molar-refractivity contribution is 0.262. The zero-order valence-corrected chi connectivity index (χ0v) is 12.2. The van der Waals surface area contributed by atoms with Crippen molar-refractivity contribution in [2.75, 3.05) is 10.6 Å². The number of hydrogen-bond donors (Lipinski definition) is 2. The van der Waals surface area contributed by atoms with Crippen molar-refractivity contribution in [2.24, 2.45) is 0 Å². The average molecular weight is 312 g/mol. The standard InChI is InChI=1S/C15H13FN6O/c1-10-17-5-6-22(10)14-18-8-13(9-19-14)21-15(23)20-12-4-2-3-11(16)7-12/h2-9H,1H3,(H2,20,21,23). The molecule has 2 N–H and O–H groups in total. The number of imidazole rings is 1. The van der Waals surface area contributed by atoms with E-state index in [9.17, 15) is 9.18 Å². The van der Waals surface area contributed by atoms with Crippen molar-refractivity contribution in [2.45, 2.75) is 6.92 Å². The van der Waals surface area contributed by atoms with E-state index in [1.165, 1.54) is 30.6 Å². The van der Waals surface area contributed by atoms with Gasteiger partial charge in [-0.25, -0.2) is 24.1 Å². The largest absolute Gasteiger partial charge is 0.323 e. The van der Waals surface area contributed by atoms with Gasteiger partial charge in [0.2, 0.25) is 5.95 Å². The molecule has 0 bridgehead atoms. The summed E-state index contributed by atoms with van der Waals surface area (Å²) in [7, 11) is 0. The molecule has 3 aromatic rings. The third-order valence-electron chi connectivity index (χ3n) is 3.02. The third-order valence-corrected chi connectivity index (χ3v) is 3.02. The van der Waals surface area contributed by atoms with Crippen LogP contribution in [0.25, 0.3) is 5.95 Å². The van der Waals surface area contributed by atoms with Crippen LogP contribution in [0, 0.1) is 12.7 Å². The lowest BCUT2D eigenvalue weighted by Gasteiger charge is -2.08. The topological polar surface area (TPSA) is 84.7 Å². The Kier molecular flexibility index (Phi) is 3.96. The first-order valence-corrected chi connectivity index (χ1v) is 6.78. The van der Waals surface area contributed by atoms with Crippen molar-refractivity contribution >= 4 is 17.4 Å². The fraction of sp³-hybridized carbons (Fsp3) is 0.0667. The molecule has 0 aliphatic carbocycles.